The Morgan fingerprint density at radius 1 is 1.21 bits per heavy atom. The molecular formula is C22H26N4O3. The van der Waals surface area contributed by atoms with Gasteiger partial charge >= 0.3 is 0 Å². The number of ether oxygens (including phenoxy) is 2. The number of fused-ring (bicyclic) bond motifs is 1. The second-order valence-corrected chi connectivity index (χ2v) is 7.43. The molecule has 1 amide bonds. The number of pyridine rings is 1. The third-order valence-electron chi connectivity index (χ3n) is 5.38. The zero-order valence-corrected chi connectivity index (χ0v) is 16.6. The molecule has 2 N–H and O–H groups in total. The molecule has 3 heterocycles. The van der Waals surface area contributed by atoms with Crippen molar-refractivity contribution < 1.29 is 14.3 Å². The van der Waals surface area contributed by atoms with Gasteiger partial charge in [-0.15, -0.1) is 0 Å². The quantitative estimate of drug-likeness (QED) is 0.644. The summed E-state index contributed by atoms with van der Waals surface area (Å²) in [7, 11) is 1.65. The largest absolute Gasteiger partial charge is 0.487 e. The number of carbonyl (C=O) groups excluding carboxylic acids is 1. The Morgan fingerprint density at radius 2 is 2.00 bits per heavy atom. The van der Waals surface area contributed by atoms with Crippen LogP contribution in [0.15, 0.2) is 54.9 Å². The van der Waals surface area contributed by atoms with Crippen LogP contribution in [-0.4, -0.2) is 42.1 Å². The smallest absolute Gasteiger partial charge is 0.233 e. The number of hydrogen-bond acceptors (Lipinski definition) is 5. The summed E-state index contributed by atoms with van der Waals surface area (Å²) in [5, 5.41) is 6.34. The van der Waals surface area contributed by atoms with E-state index in [0.29, 0.717) is 13.2 Å². The van der Waals surface area contributed by atoms with Gasteiger partial charge in [0.15, 0.2) is 0 Å². The van der Waals surface area contributed by atoms with Crippen LogP contribution in [0.5, 0.6) is 5.75 Å². The van der Waals surface area contributed by atoms with Crippen LogP contribution in [0.25, 0.3) is 5.65 Å². The van der Waals surface area contributed by atoms with Gasteiger partial charge in [0.1, 0.15) is 18.0 Å². The lowest BCUT2D eigenvalue weighted by molar-refractivity contribution is -0.130. The molecule has 4 rings (SSSR count). The van der Waals surface area contributed by atoms with E-state index in [1.807, 2.05) is 59.3 Å². The normalized spacial score (nSPS) is 15.9. The van der Waals surface area contributed by atoms with Crippen molar-refractivity contribution in [3.63, 3.8) is 0 Å². The van der Waals surface area contributed by atoms with Gasteiger partial charge in [0.25, 0.3) is 0 Å². The molecule has 0 atom stereocenters. The predicted octanol–water partition coefficient (Wildman–Crippen LogP) is 2.87. The predicted molar refractivity (Wildman–Crippen MR) is 111 cm³/mol. The lowest BCUT2D eigenvalue weighted by Crippen LogP contribution is -2.47. The Kier molecular flexibility index (Phi) is 5.78. The average Bonchev–Trinajstić information content (AvgIpc) is 3.17. The molecule has 0 unspecified atom stereocenters. The number of benzene rings is 1. The second kappa shape index (κ2) is 8.63. The molecule has 1 saturated heterocycles. The molecule has 2 aromatic heterocycles. The first kappa shape index (κ1) is 19.4. The lowest BCUT2D eigenvalue weighted by atomic mass is 9.78. The minimum Gasteiger partial charge on any atom is -0.487 e. The van der Waals surface area contributed by atoms with E-state index < -0.39 is 5.41 Å². The van der Waals surface area contributed by atoms with E-state index in [9.17, 15) is 4.79 Å². The molecule has 0 saturated carbocycles. The zero-order valence-electron chi connectivity index (χ0n) is 16.6. The summed E-state index contributed by atoms with van der Waals surface area (Å²) in [6, 6.07) is 13.3. The molecule has 152 valence electrons. The first-order valence-corrected chi connectivity index (χ1v) is 9.85. The molecule has 1 aliphatic rings. The molecule has 1 aliphatic heterocycles. The Balaban J connectivity index is 1.36. The number of amides is 1. The Hall–Kier alpha value is -2.90. The third-order valence-corrected chi connectivity index (χ3v) is 5.38. The van der Waals surface area contributed by atoms with Crippen LogP contribution in [0.2, 0.25) is 0 Å². The molecule has 1 aromatic carbocycles. The summed E-state index contributed by atoms with van der Waals surface area (Å²) in [4.78, 5) is 17.4. The Bertz CT molecular complexity index is 923. The van der Waals surface area contributed by atoms with Gasteiger partial charge in [0.05, 0.1) is 17.7 Å². The van der Waals surface area contributed by atoms with E-state index in [0.717, 1.165) is 48.7 Å². The molecule has 0 aliphatic carbocycles. The van der Waals surface area contributed by atoms with Crippen molar-refractivity contribution in [2.24, 2.45) is 5.41 Å². The summed E-state index contributed by atoms with van der Waals surface area (Å²) < 4.78 is 13.1. The third kappa shape index (κ3) is 4.41. The fourth-order valence-corrected chi connectivity index (χ4v) is 3.73. The van der Waals surface area contributed by atoms with Crippen LogP contribution in [0.3, 0.4) is 0 Å². The topological polar surface area (TPSA) is 76.9 Å². The molecule has 29 heavy (non-hydrogen) atoms. The highest BCUT2D eigenvalue weighted by atomic mass is 16.5. The summed E-state index contributed by atoms with van der Waals surface area (Å²) in [5.74, 6) is 0.743. The monoisotopic (exact) mass is 394 g/mol. The highest BCUT2D eigenvalue weighted by Crippen LogP contribution is 2.31. The highest BCUT2D eigenvalue weighted by molar-refractivity contribution is 5.95. The van der Waals surface area contributed by atoms with Gasteiger partial charge in [-0.25, -0.2) is 4.98 Å². The number of nitrogens with zero attached hydrogens (tertiary/aromatic N) is 2. The molecular weight excluding hydrogens is 368 g/mol. The maximum Gasteiger partial charge on any atom is 0.233 e. The Labute approximate surface area is 170 Å². The number of carbonyl (C=O) groups is 1. The average molecular weight is 394 g/mol. The second-order valence-electron chi connectivity index (χ2n) is 7.43. The fourth-order valence-electron chi connectivity index (χ4n) is 3.73. The summed E-state index contributed by atoms with van der Waals surface area (Å²) in [5.41, 5.74) is 2.04. The van der Waals surface area contributed by atoms with Crippen molar-refractivity contribution in [1.82, 2.24) is 14.7 Å². The number of rotatable bonds is 7. The minimum atomic E-state index is -0.474. The number of piperidine rings is 1. The van der Waals surface area contributed by atoms with Crippen LogP contribution in [0, 0.1) is 5.41 Å². The number of imidazole rings is 1. The first-order chi connectivity index (χ1) is 14.2. The van der Waals surface area contributed by atoms with E-state index in [1.54, 1.807) is 7.11 Å². The SMILES string of the molecule is COCC1(C(=O)Nc2ccc(OCc3cn4ccccc4n3)cc2)CCNCC1. The zero-order chi connectivity index (χ0) is 20.1. The molecule has 7 nitrogen and oxygen atoms in total. The van der Waals surface area contributed by atoms with Crippen molar-refractivity contribution in [1.29, 1.82) is 0 Å². The summed E-state index contributed by atoms with van der Waals surface area (Å²) in [6.45, 7) is 2.47. The maximum atomic E-state index is 12.9. The molecule has 0 spiro atoms. The highest BCUT2D eigenvalue weighted by Gasteiger charge is 2.39. The lowest BCUT2D eigenvalue weighted by Gasteiger charge is -2.35. The van der Waals surface area contributed by atoms with Crippen molar-refractivity contribution in [2.75, 3.05) is 32.1 Å². The van der Waals surface area contributed by atoms with E-state index in [-0.39, 0.29) is 5.91 Å². The van der Waals surface area contributed by atoms with E-state index in [1.165, 1.54) is 0 Å². The molecule has 0 radical (unpaired) electrons. The van der Waals surface area contributed by atoms with Crippen LogP contribution in [0.4, 0.5) is 5.69 Å². The van der Waals surface area contributed by atoms with Gasteiger partial charge in [0.2, 0.25) is 5.91 Å². The standard InChI is InChI=1S/C22H26N4O3/c1-28-16-22(9-11-23-12-10-22)21(27)25-17-5-7-19(8-6-17)29-15-18-14-26-13-3-2-4-20(26)24-18/h2-8,13-14,23H,9-12,15-16H2,1H3,(H,25,27). The van der Waals surface area contributed by atoms with Crippen LogP contribution in [-0.2, 0) is 16.1 Å². The van der Waals surface area contributed by atoms with Gasteiger partial charge in [-0.05, 0) is 62.3 Å². The number of nitrogens with one attached hydrogen (secondary N) is 2. The maximum absolute atomic E-state index is 12.9. The van der Waals surface area contributed by atoms with Crippen LogP contribution >= 0.6 is 0 Å². The van der Waals surface area contributed by atoms with Crippen LogP contribution < -0.4 is 15.4 Å². The van der Waals surface area contributed by atoms with Crippen molar-refractivity contribution >= 4 is 17.2 Å². The molecule has 3 aromatic rings. The number of aromatic nitrogens is 2. The summed E-state index contributed by atoms with van der Waals surface area (Å²) >= 11 is 0. The van der Waals surface area contributed by atoms with Gasteiger partial charge in [-0.1, -0.05) is 6.07 Å². The van der Waals surface area contributed by atoms with Crippen molar-refractivity contribution in [2.45, 2.75) is 19.4 Å². The molecule has 7 heteroatoms. The Morgan fingerprint density at radius 3 is 2.72 bits per heavy atom. The van der Waals surface area contributed by atoms with E-state index in [2.05, 4.69) is 15.6 Å². The first-order valence-electron chi connectivity index (χ1n) is 9.85. The van der Waals surface area contributed by atoms with Crippen molar-refractivity contribution in [3.05, 3.63) is 60.6 Å². The number of anilines is 1. The minimum absolute atomic E-state index is 0.0132. The molecule has 0 bridgehead atoms. The number of methoxy groups -OCH3 is 1. The fraction of sp³-hybridized carbons (Fsp3) is 0.364. The molecule has 1 fully saturated rings. The van der Waals surface area contributed by atoms with Gasteiger partial charge in [-0.3, -0.25) is 4.79 Å². The van der Waals surface area contributed by atoms with Crippen LogP contribution in [0.1, 0.15) is 18.5 Å². The van der Waals surface area contributed by atoms with Gasteiger partial charge in [0, 0.05) is 25.2 Å². The van der Waals surface area contributed by atoms with Gasteiger partial charge in [-0.2, -0.15) is 0 Å². The van der Waals surface area contributed by atoms with Gasteiger partial charge < -0.3 is 24.5 Å². The number of hydrogen-bond donors (Lipinski definition) is 2. The van der Waals surface area contributed by atoms with E-state index in [4.69, 9.17) is 9.47 Å². The van der Waals surface area contributed by atoms with Crippen molar-refractivity contribution in [3.8, 4) is 5.75 Å². The van der Waals surface area contributed by atoms with E-state index >= 15 is 0 Å². The summed E-state index contributed by atoms with van der Waals surface area (Å²) in [6.07, 6.45) is 5.46.